The van der Waals surface area contributed by atoms with Gasteiger partial charge in [-0.2, -0.15) is 0 Å². The maximum absolute atomic E-state index is 13.8. The van der Waals surface area contributed by atoms with Crippen molar-refractivity contribution < 1.29 is 24.3 Å². The van der Waals surface area contributed by atoms with Crippen LogP contribution < -0.4 is 0 Å². The summed E-state index contributed by atoms with van der Waals surface area (Å²) in [6, 6.07) is 21.9. The number of carbonyl (C=O) groups excluding carboxylic acids is 3. The van der Waals surface area contributed by atoms with Crippen LogP contribution in [0.2, 0.25) is 0 Å². The molecule has 0 saturated carbocycles. The molecule has 1 fully saturated rings. The van der Waals surface area contributed by atoms with Crippen LogP contribution in [0.15, 0.2) is 83.0 Å². The number of Topliss-reactive ketones (excluding diaryl/α,β-unsaturated/α-hetero) is 1. The fourth-order valence-electron chi connectivity index (χ4n) is 5.29. The fraction of sp³-hybridized carbons (Fsp3) is 0.226. The molecular formula is C31H27BrN2O5. The second kappa shape index (κ2) is 11.0. The Hall–Kier alpha value is -4.04. The molecule has 198 valence electrons. The topological polar surface area (TPSA) is 95.0 Å². The average Bonchev–Trinajstić information content (AvgIpc) is 2.96. The lowest BCUT2D eigenvalue weighted by Gasteiger charge is -2.33. The average molecular weight is 587 g/mol. The van der Waals surface area contributed by atoms with Gasteiger partial charge in [-0.05, 0) is 65.9 Å². The van der Waals surface area contributed by atoms with E-state index in [1.165, 1.54) is 11.8 Å². The molecule has 2 heterocycles. The molecule has 0 unspecified atom stereocenters. The molecule has 39 heavy (non-hydrogen) atoms. The van der Waals surface area contributed by atoms with Crippen molar-refractivity contribution in [1.82, 2.24) is 9.80 Å². The first-order valence-corrected chi connectivity index (χ1v) is 13.6. The molecule has 3 aromatic rings. The summed E-state index contributed by atoms with van der Waals surface area (Å²) < 4.78 is 0.879. The zero-order valence-corrected chi connectivity index (χ0v) is 23.0. The third-order valence-electron chi connectivity index (χ3n) is 7.33. The summed E-state index contributed by atoms with van der Waals surface area (Å²) in [5.74, 6) is -1.99. The number of ketones is 1. The van der Waals surface area contributed by atoms with Crippen LogP contribution in [-0.4, -0.2) is 51.6 Å². The van der Waals surface area contributed by atoms with E-state index in [-0.39, 0.29) is 24.1 Å². The fourth-order valence-corrected chi connectivity index (χ4v) is 5.65. The lowest BCUT2D eigenvalue weighted by molar-refractivity contribution is -0.143. The van der Waals surface area contributed by atoms with Gasteiger partial charge in [0.1, 0.15) is 0 Å². The van der Waals surface area contributed by atoms with Crippen molar-refractivity contribution in [1.29, 1.82) is 0 Å². The number of carboxylic acid groups (broad SMARTS) is 1. The molecule has 0 atom stereocenters. The van der Waals surface area contributed by atoms with Crippen LogP contribution in [-0.2, 0) is 16.1 Å². The number of allylic oxidation sites excluding steroid dienone is 1. The Kier molecular flexibility index (Phi) is 7.48. The molecule has 7 nitrogen and oxygen atoms in total. The van der Waals surface area contributed by atoms with Crippen LogP contribution in [0.1, 0.15) is 57.2 Å². The Bertz CT molecular complexity index is 1490. The van der Waals surface area contributed by atoms with Gasteiger partial charge in [-0.25, -0.2) is 0 Å². The number of halogens is 1. The molecule has 2 aliphatic heterocycles. The summed E-state index contributed by atoms with van der Waals surface area (Å²) in [5, 5.41) is 9.20. The lowest BCUT2D eigenvalue weighted by Crippen LogP contribution is -2.40. The van der Waals surface area contributed by atoms with Crippen molar-refractivity contribution in [2.24, 2.45) is 5.92 Å². The number of hydrogen-bond donors (Lipinski definition) is 1. The van der Waals surface area contributed by atoms with Gasteiger partial charge >= 0.3 is 5.97 Å². The third-order valence-corrected chi connectivity index (χ3v) is 7.82. The highest BCUT2D eigenvalue weighted by molar-refractivity contribution is 9.10. The molecule has 0 bridgehead atoms. The first kappa shape index (κ1) is 26.6. The zero-order chi connectivity index (χ0) is 27.7. The number of piperidine rings is 1. The van der Waals surface area contributed by atoms with Crippen molar-refractivity contribution in [2.75, 3.05) is 13.1 Å². The summed E-state index contributed by atoms with van der Waals surface area (Å²) >= 11 is 3.54. The number of nitrogens with zero attached hydrogens (tertiary/aromatic N) is 2. The van der Waals surface area contributed by atoms with E-state index in [4.69, 9.17) is 0 Å². The largest absolute Gasteiger partial charge is 0.481 e. The molecule has 2 aliphatic rings. The lowest BCUT2D eigenvalue weighted by atomic mass is 9.87. The Morgan fingerprint density at radius 3 is 2.05 bits per heavy atom. The van der Waals surface area contributed by atoms with Gasteiger partial charge in [-0.15, -0.1) is 0 Å². The van der Waals surface area contributed by atoms with Gasteiger partial charge < -0.3 is 10.0 Å². The van der Waals surface area contributed by atoms with E-state index < -0.39 is 11.9 Å². The molecule has 1 saturated heterocycles. The molecule has 8 heteroatoms. The van der Waals surface area contributed by atoms with Crippen molar-refractivity contribution in [3.63, 3.8) is 0 Å². The summed E-state index contributed by atoms with van der Waals surface area (Å²) in [6.45, 7) is 2.48. The minimum atomic E-state index is -0.827. The molecule has 0 aromatic heterocycles. The highest BCUT2D eigenvalue weighted by Gasteiger charge is 2.33. The minimum Gasteiger partial charge on any atom is -0.481 e. The van der Waals surface area contributed by atoms with Gasteiger partial charge in [-0.3, -0.25) is 24.1 Å². The van der Waals surface area contributed by atoms with E-state index in [2.05, 4.69) is 15.9 Å². The summed E-state index contributed by atoms with van der Waals surface area (Å²) in [4.78, 5) is 54.3. The summed E-state index contributed by atoms with van der Waals surface area (Å²) in [7, 11) is 0. The standard InChI is InChI=1S/C31H27BrN2O5/c1-19(35)28-27(20-5-3-2-4-6-20)26-17-25(32)12-11-24(26)18-34(28)30(37)22-9-7-21(8-10-22)29(36)33-15-13-23(14-16-33)31(38)39/h2-12,17,23H,13-16,18H2,1H3,(H,38,39). The van der Waals surface area contributed by atoms with E-state index in [0.717, 1.165) is 21.2 Å². The number of hydrogen-bond acceptors (Lipinski definition) is 4. The van der Waals surface area contributed by atoms with Crippen molar-refractivity contribution in [3.05, 3.63) is 111 Å². The molecule has 0 radical (unpaired) electrons. The smallest absolute Gasteiger partial charge is 0.306 e. The van der Waals surface area contributed by atoms with Gasteiger partial charge in [0.05, 0.1) is 18.2 Å². The predicted octanol–water partition coefficient (Wildman–Crippen LogP) is 5.39. The summed E-state index contributed by atoms with van der Waals surface area (Å²) in [6.07, 6.45) is 0.850. The van der Waals surface area contributed by atoms with Gasteiger partial charge in [-0.1, -0.05) is 52.3 Å². The first-order chi connectivity index (χ1) is 18.7. The van der Waals surface area contributed by atoms with Gasteiger partial charge in [0.25, 0.3) is 11.8 Å². The van der Waals surface area contributed by atoms with Crippen LogP contribution in [0.25, 0.3) is 5.57 Å². The van der Waals surface area contributed by atoms with E-state index in [1.54, 1.807) is 29.2 Å². The van der Waals surface area contributed by atoms with Crippen LogP contribution >= 0.6 is 15.9 Å². The number of likely N-dealkylation sites (tertiary alicyclic amines) is 1. The number of carbonyl (C=O) groups is 4. The number of aliphatic carboxylic acids is 1. The highest BCUT2D eigenvalue weighted by Crippen LogP contribution is 2.38. The molecule has 0 aliphatic carbocycles. The Labute approximate surface area is 234 Å². The summed E-state index contributed by atoms with van der Waals surface area (Å²) in [5.41, 5.74) is 4.50. The molecule has 2 amide bonds. The number of carboxylic acids is 1. The quantitative estimate of drug-likeness (QED) is 0.432. The second-order valence-corrected chi connectivity index (χ2v) is 10.7. The van der Waals surface area contributed by atoms with E-state index in [1.807, 2.05) is 48.5 Å². The van der Waals surface area contributed by atoms with Crippen molar-refractivity contribution in [3.8, 4) is 0 Å². The maximum Gasteiger partial charge on any atom is 0.306 e. The normalized spacial score (nSPS) is 15.6. The predicted molar refractivity (Wildman–Crippen MR) is 150 cm³/mol. The van der Waals surface area contributed by atoms with Crippen LogP contribution in [0.4, 0.5) is 0 Å². The minimum absolute atomic E-state index is 0.189. The number of amides is 2. The molecular weight excluding hydrogens is 560 g/mol. The molecule has 5 rings (SSSR count). The monoisotopic (exact) mass is 586 g/mol. The van der Waals surface area contributed by atoms with E-state index in [9.17, 15) is 24.3 Å². The Morgan fingerprint density at radius 1 is 0.846 bits per heavy atom. The van der Waals surface area contributed by atoms with Crippen molar-refractivity contribution >= 4 is 45.1 Å². The van der Waals surface area contributed by atoms with Crippen LogP contribution in [0, 0.1) is 5.92 Å². The number of fused-ring (bicyclic) bond motifs is 1. The van der Waals surface area contributed by atoms with Crippen LogP contribution in [0.3, 0.4) is 0 Å². The van der Waals surface area contributed by atoms with E-state index in [0.29, 0.717) is 48.3 Å². The third kappa shape index (κ3) is 5.29. The SMILES string of the molecule is CC(=O)C1=C(c2ccccc2)c2cc(Br)ccc2CN1C(=O)c1ccc(C(=O)N2CCC(C(=O)O)CC2)cc1. The molecule has 3 aromatic carbocycles. The second-order valence-electron chi connectivity index (χ2n) is 9.82. The maximum atomic E-state index is 13.8. The Morgan fingerprint density at radius 2 is 1.46 bits per heavy atom. The molecule has 0 spiro atoms. The van der Waals surface area contributed by atoms with Gasteiger partial charge in [0.2, 0.25) is 0 Å². The van der Waals surface area contributed by atoms with E-state index >= 15 is 0 Å². The highest BCUT2D eigenvalue weighted by atomic mass is 79.9. The molecule has 1 N–H and O–H groups in total. The zero-order valence-electron chi connectivity index (χ0n) is 21.4. The van der Waals surface area contributed by atoms with Gasteiger partial charge in [0.15, 0.2) is 5.78 Å². The van der Waals surface area contributed by atoms with Gasteiger partial charge in [0, 0.05) is 41.2 Å². The Balaban J connectivity index is 1.46. The number of rotatable bonds is 5. The van der Waals surface area contributed by atoms with Crippen molar-refractivity contribution in [2.45, 2.75) is 26.3 Å². The first-order valence-electron chi connectivity index (χ1n) is 12.8. The number of benzene rings is 3. The van der Waals surface area contributed by atoms with Crippen LogP contribution in [0.5, 0.6) is 0 Å².